The van der Waals surface area contributed by atoms with Crippen LogP contribution in [0.25, 0.3) is 11.1 Å². The van der Waals surface area contributed by atoms with Crippen molar-refractivity contribution in [2.45, 2.75) is 0 Å². The SMILES string of the molecule is Nc1c(Cl)cncc1-c1cc(Cl)cc(Cl)c1Cl. The molecule has 1 aromatic carbocycles. The molecule has 17 heavy (non-hydrogen) atoms. The molecule has 88 valence electrons. The number of anilines is 1. The van der Waals surface area contributed by atoms with Crippen LogP contribution in [0.3, 0.4) is 0 Å². The summed E-state index contributed by atoms with van der Waals surface area (Å²) in [6.45, 7) is 0. The third-order valence-electron chi connectivity index (χ3n) is 2.22. The maximum absolute atomic E-state index is 6.11. The van der Waals surface area contributed by atoms with Crippen molar-refractivity contribution < 1.29 is 0 Å². The van der Waals surface area contributed by atoms with Gasteiger partial charge in [0.15, 0.2) is 0 Å². The molecule has 0 saturated carbocycles. The molecule has 2 nitrogen and oxygen atoms in total. The number of benzene rings is 1. The van der Waals surface area contributed by atoms with Crippen molar-refractivity contribution in [3.8, 4) is 11.1 Å². The lowest BCUT2D eigenvalue weighted by atomic mass is 10.1. The van der Waals surface area contributed by atoms with E-state index < -0.39 is 0 Å². The molecule has 0 fully saturated rings. The largest absolute Gasteiger partial charge is 0.397 e. The van der Waals surface area contributed by atoms with Crippen LogP contribution >= 0.6 is 46.4 Å². The molecule has 0 amide bonds. The summed E-state index contributed by atoms with van der Waals surface area (Å²) >= 11 is 23.9. The summed E-state index contributed by atoms with van der Waals surface area (Å²) in [5, 5.41) is 1.55. The van der Waals surface area contributed by atoms with Gasteiger partial charge in [-0.15, -0.1) is 0 Å². The van der Waals surface area contributed by atoms with Crippen LogP contribution < -0.4 is 5.73 Å². The normalized spacial score (nSPS) is 10.6. The molecular formula is C11H6Cl4N2. The van der Waals surface area contributed by atoms with Crippen molar-refractivity contribution in [1.82, 2.24) is 4.98 Å². The van der Waals surface area contributed by atoms with E-state index in [9.17, 15) is 0 Å². The Labute approximate surface area is 118 Å². The van der Waals surface area contributed by atoms with Crippen LogP contribution in [0.2, 0.25) is 20.1 Å². The third kappa shape index (κ3) is 2.45. The second-order valence-electron chi connectivity index (χ2n) is 3.33. The van der Waals surface area contributed by atoms with Gasteiger partial charge < -0.3 is 5.73 Å². The zero-order valence-corrected chi connectivity index (χ0v) is 11.4. The molecule has 1 heterocycles. The van der Waals surface area contributed by atoms with Crippen molar-refractivity contribution in [1.29, 1.82) is 0 Å². The molecule has 0 bridgehead atoms. The zero-order chi connectivity index (χ0) is 12.6. The molecule has 0 aliphatic heterocycles. The molecule has 0 aliphatic carbocycles. The lowest BCUT2D eigenvalue weighted by molar-refractivity contribution is 1.33. The monoisotopic (exact) mass is 306 g/mol. The number of pyridine rings is 1. The Morgan fingerprint density at radius 3 is 2.29 bits per heavy atom. The van der Waals surface area contributed by atoms with Gasteiger partial charge >= 0.3 is 0 Å². The summed E-state index contributed by atoms with van der Waals surface area (Å²) in [5.41, 5.74) is 7.47. The molecule has 2 rings (SSSR count). The van der Waals surface area contributed by atoms with Crippen molar-refractivity contribution in [2.75, 3.05) is 5.73 Å². The highest BCUT2D eigenvalue weighted by atomic mass is 35.5. The number of hydrogen-bond donors (Lipinski definition) is 1. The van der Waals surface area contributed by atoms with E-state index in [0.29, 0.717) is 36.9 Å². The average molecular weight is 308 g/mol. The van der Waals surface area contributed by atoms with Crippen LogP contribution in [0.1, 0.15) is 0 Å². The highest BCUT2D eigenvalue weighted by Crippen LogP contribution is 2.39. The Morgan fingerprint density at radius 2 is 1.59 bits per heavy atom. The van der Waals surface area contributed by atoms with Gasteiger partial charge in [0.25, 0.3) is 0 Å². The molecule has 2 N–H and O–H groups in total. The number of nitrogens with zero attached hydrogens (tertiary/aromatic N) is 1. The van der Waals surface area contributed by atoms with Crippen molar-refractivity contribution in [2.24, 2.45) is 0 Å². The van der Waals surface area contributed by atoms with E-state index in [2.05, 4.69) is 4.98 Å². The first-order valence-electron chi connectivity index (χ1n) is 4.54. The van der Waals surface area contributed by atoms with Gasteiger partial charge in [-0.25, -0.2) is 0 Å². The van der Waals surface area contributed by atoms with E-state index in [4.69, 9.17) is 52.1 Å². The van der Waals surface area contributed by atoms with E-state index in [1.54, 1.807) is 18.3 Å². The second kappa shape index (κ2) is 4.91. The Balaban J connectivity index is 2.73. The number of nitrogen functional groups attached to an aromatic ring is 1. The van der Waals surface area contributed by atoms with Gasteiger partial charge in [0.1, 0.15) is 0 Å². The molecule has 0 aliphatic rings. The average Bonchev–Trinajstić information content (AvgIpc) is 2.27. The van der Waals surface area contributed by atoms with E-state index in [1.807, 2.05) is 0 Å². The van der Waals surface area contributed by atoms with Gasteiger partial charge in [0.05, 0.1) is 20.8 Å². The molecule has 2 aromatic rings. The van der Waals surface area contributed by atoms with E-state index >= 15 is 0 Å². The number of hydrogen-bond acceptors (Lipinski definition) is 2. The van der Waals surface area contributed by atoms with Crippen LogP contribution in [0.5, 0.6) is 0 Å². The van der Waals surface area contributed by atoms with Gasteiger partial charge in [-0.3, -0.25) is 4.98 Å². The summed E-state index contributed by atoms with van der Waals surface area (Å²) in [4.78, 5) is 3.97. The molecule has 0 atom stereocenters. The lowest BCUT2D eigenvalue weighted by Crippen LogP contribution is -1.93. The number of aromatic nitrogens is 1. The quantitative estimate of drug-likeness (QED) is 0.757. The topological polar surface area (TPSA) is 38.9 Å². The van der Waals surface area contributed by atoms with Gasteiger partial charge in [-0.1, -0.05) is 46.4 Å². The van der Waals surface area contributed by atoms with Gasteiger partial charge in [-0.2, -0.15) is 0 Å². The zero-order valence-electron chi connectivity index (χ0n) is 8.35. The third-order valence-corrected chi connectivity index (χ3v) is 3.54. The molecule has 0 saturated heterocycles. The maximum Gasteiger partial charge on any atom is 0.0824 e. The lowest BCUT2D eigenvalue weighted by Gasteiger charge is -2.10. The minimum Gasteiger partial charge on any atom is -0.397 e. The summed E-state index contributed by atoms with van der Waals surface area (Å²) in [5.74, 6) is 0. The molecule has 0 unspecified atom stereocenters. The van der Waals surface area contributed by atoms with Crippen LogP contribution in [-0.4, -0.2) is 4.98 Å². The highest BCUT2D eigenvalue weighted by molar-refractivity contribution is 6.45. The van der Waals surface area contributed by atoms with Crippen molar-refractivity contribution in [3.05, 3.63) is 44.6 Å². The van der Waals surface area contributed by atoms with E-state index in [0.717, 1.165) is 0 Å². The number of rotatable bonds is 1. The summed E-state index contributed by atoms with van der Waals surface area (Å²) in [6.07, 6.45) is 3.02. The van der Waals surface area contributed by atoms with Gasteiger partial charge in [0, 0.05) is 28.5 Å². The molecule has 6 heteroatoms. The Morgan fingerprint density at radius 1 is 0.882 bits per heavy atom. The Hall–Kier alpha value is -0.670. The first-order valence-corrected chi connectivity index (χ1v) is 6.05. The smallest absolute Gasteiger partial charge is 0.0824 e. The fraction of sp³-hybridized carbons (Fsp3) is 0. The Kier molecular flexibility index (Phi) is 3.69. The standard InChI is InChI=1S/C11H6Cl4N2/c12-5-1-6(10(15)8(13)2-5)7-3-17-4-9(14)11(7)16/h1-4H,(H2,16,17). The second-order valence-corrected chi connectivity index (χ2v) is 4.96. The van der Waals surface area contributed by atoms with Crippen LogP contribution in [0.15, 0.2) is 24.5 Å². The van der Waals surface area contributed by atoms with Crippen LogP contribution in [0, 0.1) is 0 Å². The highest BCUT2D eigenvalue weighted by Gasteiger charge is 2.13. The first-order chi connectivity index (χ1) is 8.00. The Bertz CT molecular complexity index is 584. The molecule has 0 radical (unpaired) electrons. The number of halogens is 4. The van der Waals surface area contributed by atoms with Gasteiger partial charge in [0.2, 0.25) is 0 Å². The van der Waals surface area contributed by atoms with Crippen LogP contribution in [-0.2, 0) is 0 Å². The summed E-state index contributed by atoms with van der Waals surface area (Å²) in [7, 11) is 0. The summed E-state index contributed by atoms with van der Waals surface area (Å²) in [6, 6.07) is 3.22. The minimum absolute atomic E-state index is 0.355. The number of nitrogens with two attached hydrogens (primary N) is 1. The molecule has 0 spiro atoms. The predicted molar refractivity (Wildman–Crippen MR) is 74.1 cm³/mol. The van der Waals surface area contributed by atoms with E-state index in [1.165, 1.54) is 6.20 Å². The molecule has 1 aromatic heterocycles. The fourth-order valence-electron chi connectivity index (χ4n) is 1.41. The van der Waals surface area contributed by atoms with Gasteiger partial charge in [-0.05, 0) is 12.1 Å². The first kappa shape index (κ1) is 12.8. The summed E-state index contributed by atoms with van der Waals surface area (Å²) < 4.78 is 0. The maximum atomic E-state index is 6.11. The van der Waals surface area contributed by atoms with Crippen molar-refractivity contribution in [3.63, 3.8) is 0 Å². The minimum atomic E-state index is 0.355. The van der Waals surface area contributed by atoms with E-state index in [-0.39, 0.29) is 0 Å². The van der Waals surface area contributed by atoms with Crippen molar-refractivity contribution >= 4 is 52.1 Å². The molecular weight excluding hydrogens is 302 g/mol. The van der Waals surface area contributed by atoms with Crippen LogP contribution in [0.4, 0.5) is 5.69 Å². The fourth-order valence-corrected chi connectivity index (χ4v) is 2.27. The predicted octanol–water partition coefficient (Wildman–Crippen LogP) is 4.94.